The molecule has 0 aliphatic rings. The predicted octanol–water partition coefficient (Wildman–Crippen LogP) is 2.98. The first-order chi connectivity index (χ1) is 15.6. The second-order valence-corrected chi connectivity index (χ2v) is 8.05. The van der Waals surface area contributed by atoms with Crippen LogP contribution in [0.2, 0.25) is 0 Å². The van der Waals surface area contributed by atoms with Gasteiger partial charge in [-0.05, 0) is 30.4 Å². The summed E-state index contributed by atoms with van der Waals surface area (Å²) in [6.45, 7) is 2.70. The van der Waals surface area contributed by atoms with Crippen molar-refractivity contribution >= 4 is 17.0 Å². The number of pyridine rings is 2. The Morgan fingerprint density at radius 3 is 2.24 bits per heavy atom. The highest BCUT2D eigenvalue weighted by atomic mass is 19.1. The molecule has 1 aromatic carbocycles. The molecule has 10 heteroatoms. The van der Waals surface area contributed by atoms with E-state index in [1.165, 1.54) is 10.6 Å². The molecule has 2 heterocycles. The number of hydrogen-bond acceptors (Lipinski definition) is 5. The van der Waals surface area contributed by atoms with E-state index in [1.54, 1.807) is 13.8 Å². The predicted molar refractivity (Wildman–Crippen MR) is 114 cm³/mol. The minimum atomic E-state index is -1.46. The van der Waals surface area contributed by atoms with E-state index in [-0.39, 0.29) is 53.2 Å². The number of aryl methyl sites for hydroxylation is 1. The summed E-state index contributed by atoms with van der Waals surface area (Å²) in [6, 6.07) is 1.86. The molecule has 0 aliphatic heterocycles. The van der Waals surface area contributed by atoms with Crippen LogP contribution in [0.3, 0.4) is 0 Å². The monoisotopic (exact) mass is 464 g/mol. The van der Waals surface area contributed by atoms with Gasteiger partial charge in [0.1, 0.15) is 28.7 Å². The normalized spacial score (nSPS) is 12.5. The number of benzene rings is 1. The van der Waals surface area contributed by atoms with Crippen LogP contribution in [0.1, 0.15) is 47.1 Å². The number of hydrogen-bond donors (Lipinski definition) is 3. The Morgan fingerprint density at radius 2 is 1.73 bits per heavy atom. The van der Waals surface area contributed by atoms with E-state index in [9.17, 15) is 38.1 Å². The van der Waals surface area contributed by atoms with Gasteiger partial charge in [0.25, 0.3) is 0 Å². The summed E-state index contributed by atoms with van der Waals surface area (Å²) in [4.78, 5) is 28.9. The van der Waals surface area contributed by atoms with Crippen molar-refractivity contribution in [3.05, 3.63) is 74.5 Å². The molecule has 0 radical (unpaired) electrons. The highest BCUT2D eigenvalue weighted by Gasteiger charge is 2.23. The molecular formula is C23H23F3N2O5. The van der Waals surface area contributed by atoms with Crippen molar-refractivity contribution in [2.75, 3.05) is 6.61 Å². The number of fused-ring (bicyclic) bond motifs is 1. The number of carbonyl (C=O) groups is 1. The van der Waals surface area contributed by atoms with Crippen LogP contribution < -0.4 is 5.43 Å². The number of aliphatic hydroxyl groups is 2. The fourth-order valence-electron chi connectivity index (χ4n) is 3.80. The van der Waals surface area contributed by atoms with E-state index in [0.717, 1.165) is 6.20 Å². The van der Waals surface area contributed by atoms with Gasteiger partial charge in [0.2, 0.25) is 5.43 Å². The van der Waals surface area contributed by atoms with Gasteiger partial charge in [0.05, 0.1) is 30.3 Å². The molecule has 0 bridgehead atoms. The van der Waals surface area contributed by atoms with Gasteiger partial charge in [-0.15, -0.1) is 0 Å². The lowest BCUT2D eigenvalue weighted by Crippen LogP contribution is -2.26. The first-order valence-electron chi connectivity index (χ1n) is 10.2. The number of aromatic carboxylic acids is 1. The van der Waals surface area contributed by atoms with Gasteiger partial charge in [-0.3, -0.25) is 4.79 Å². The number of carboxylic acids is 1. The average Bonchev–Trinajstić information content (AvgIpc) is 2.74. The summed E-state index contributed by atoms with van der Waals surface area (Å²) in [5, 5.41) is 29.1. The highest BCUT2D eigenvalue weighted by Crippen LogP contribution is 2.25. The number of carboxylic acid groups (broad SMARTS) is 1. The van der Waals surface area contributed by atoms with E-state index in [1.807, 2.05) is 0 Å². The van der Waals surface area contributed by atoms with Gasteiger partial charge in [-0.1, -0.05) is 13.8 Å². The van der Waals surface area contributed by atoms with Gasteiger partial charge in [0, 0.05) is 23.9 Å². The van der Waals surface area contributed by atoms with Crippen molar-refractivity contribution in [3.8, 4) is 0 Å². The minimum absolute atomic E-state index is 0.0529. The molecule has 3 rings (SSSR count). The second-order valence-electron chi connectivity index (χ2n) is 8.05. The highest BCUT2D eigenvalue weighted by molar-refractivity contribution is 5.92. The largest absolute Gasteiger partial charge is 0.477 e. The summed E-state index contributed by atoms with van der Waals surface area (Å²) < 4.78 is 42.6. The minimum Gasteiger partial charge on any atom is -0.477 e. The summed E-state index contributed by atoms with van der Waals surface area (Å²) in [5.41, 5.74) is -1.22. The van der Waals surface area contributed by atoms with Gasteiger partial charge < -0.3 is 19.9 Å². The zero-order valence-corrected chi connectivity index (χ0v) is 18.0. The molecule has 0 amide bonds. The zero-order chi connectivity index (χ0) is 24.4. The zero-order valence-electron chi connectivity index (χ0n) is 18.0. The third kappa shape index (κ3) is 4.76. The van der Waals surface area contributed by atoms with E-state index in [4.69, 9.17) is 0 Å². The van der Waals surface area contributed by atoms with Gasteiger partial charge in [0.15, 0.2) is 0 Å². The molecule has 33 heavy (non-hydrogen) atoms. The summed E-state index contributed by atoms with van der Waals surface area (Å²) in [6.07, 6.45) is 0.851. The van der Waals surface area contributed by atoms with Crippen LogP contribution in [0.4, 0.5) is 13.2 Å². The molecule has 3 N–H and O–H groups in total. The molecule has 0 fully saturated rings. The lowest BCUT2D eigenvalue weighted by molar-refractivity contribution is 0.0694. The van der Waals surface area contributed by atoms with E-state index in [0.29, 0.717) is 12.1 Å². The van der Waals surface area contributed by atoms with E-state index in [2.05, 4.69) is 4.98 Å². The molecule has 3 aromatic rings. The first kappa shape index (κ1) is 24.4. The fourth-order valence-corrected chi connectivity index (χ4v) is 3.80. The van der Waals surface area contributed by atoms with Crippen molar-refractivity contribution in [1.29, 1.82) is 0 Å². The Morgan fingerprint density at radius 1 is 1.09 bits per heavy atom. The van der Waals surface area contributed by atoms with Crippen LogP contribution in [0.25, 0.3) is 11.0 Å². The molecule has 0 spiro atoms. The Balaban J connectivity index is 2.19. The van der Waals surface area contributed by atoms with Crippen LogP contribution >= 0.6 is 0 Å². The maximum atomic E-state index is 14.0. The number of nitrogens with zero attached hydrogens (tertiary/aromatic N) is 2. The molecule has 7 nitrogen and oxygen atoms in total. The maximum Gasteiger partial charge on any atom is 0.341 e. The average molecular weight is 464 g/mol. The second kappa shape index (κ2) is 9.72. The lowest BCUT2D eigenvalue weighted by Gasteiger charge is -2.24. The Bertz CT molecular complexity index is 1250. The molecule has 0 saturated carbocycles. The summed E-state index contributed by atoms with van der Waals surface area (Å²) in [5.74, 6) is -4.79. The van der Waals surface area contributed by atoms with Crippen LogP contribution in [0.5, 0.6) is 0 Å². The molecule has 176 valence electrons. The number of halogens is 3. The van der Waals surface area contributed by atoms with Gasteiger partial charge in [-0.25, -0.2) is 22.9 Å². The lowest BCUT2D eigenvalue weighted by atomic mass is 9.99. The van der Waals surface area contributed by atoms with E-state index < -0.39 is 47.1 Å². The molecular weight excluding hydrogens is 441 g/mol. The standard InChI is InChI=1S/C23H23F3N2O5/c1-11(2)20(10-30)28-8-16(23(32)33)21(31)15-5-12(19(9-29)27-22(15)28)3-4-14-17(25)6-13(24)7-18(14)26/h5-8,11,20,29-30H,3-4,9-10H2,1-2H3,(H,32,33)/t20-/m1/s1. The fraction of sp³-hybridized carbons (Fsp3) is 0.348. The molecule has 0 aliphatic carbocycles. The third-order valence-electron chi connectivity index (χ3n) is 5.62. The van der Waals surface area contributed by atoms with Crippen molar-refractivity contribution < 1.29 is 33.3 Å². The summed E-state index contributed by atoms with van der Waals surface area (Å²) in [7, 11) is 0. The molecule has 0 unspecified atom stereocenters. The SMILES string of the molecule is CC(C)[C@@H](CO)n1cc(C(=O)O)c(=O)c2cc(CCc3c(F)cc(F)cc3F)c(CO)nc21. The quantitative estimate of drug-likeness (QED) is 0.473. The number of aromatic nitrogens is 2. The Hall–Kier alpha value is -3.24. The van der Waals surface area contributed by atoms with Gasteiger partial charge >= 0.3 is 5.97 Å². The molecule has 0 saturated heterocycles. The summed E-state index contributed by atoms with van der Waals surface area (Å²) >= 11 is 0. The van der Waals surface area contributed by atoms with Crippen molar-refractivity contribution in [3.63, 3.8) is 0 Å². The van der Waals surface area contributed by atoms with Crippen LogP contribution in [-0.4, -0.2) is 37.4 Å². The van der Waals surface area contributed by atoms with Crippen molar-refractivity contribution in [1.82, 2.24) is 9.55 Å². The maximum absolute atomic E-state index is 14.0. The Kier molecular flexibility index (Phi) is 7.19. The van der Waals surface area contributed by atoms with Crippen LogP contribution in [0.15, 0.2) is 29.2 Å². The smallest absolute Gasteiger partial charge is 0.341 e. The third-order valence-corrected chi connectivity index (χ3v) is 5.62. The first-order valence-corrected chi connectivity index (χ1v) is 10.2. The topological polar surface area (TPSA) is 113 Å². The number of rotatable bonds is 8. The van der Waals surface area contributed by atoms with Crippen molar-refractivity contribution in [2.24, 2.45) is 5.92 Å². The van der Waals surface area contributed by atoms with Crippen molar-refractivity contribution in [2.45, 2.75) is 39.3 Å². The van der Waals surface area contributed by atoms with Gasteiger partial charge in [-0.2, -0.15) is 0 Å². The van der Waals surface area contributed by atoms with Crippen LogP contribution in [0, 0.1) is 23.4 Å². The Labute approximate surface area is 186 Å². The number of aliphatic hydroxyl groups excluding tert-OH is 2. The molecule has 2 aromatic heterocycles. The van der Waals surface area contributed by atoms with E-state index >= 15 is 0 Å². The molecule has 1 atom stereocenters. The van der Waals surface area contributed by atoms with Crippen LogP contribution in [-0.2, 0) is 19.4 Å².